The average molecular weight is 251 g/mol. The largest absolute Gasteiger partial charge is 0.468 e. The molecule has 5 heteroatoms. The molecule has 0 bridgehead atoms. The predicted octanol–water partition coefficient (Wildman–Crippen LogP) is 1.39. The van der Waals surface area contributed by atoms with Gasteiger partial charge in [0, 0.05) is 25.2 Å². The Morgan fingerprint density at radius 1 is 1.50 bits per heavy atom. The van der Waals surface area contributed by atoms with Crippen molar-refractivity contribution in [2.24, 2.45) is 5.92 Å². The first-order chi connectivity index (χ1) is 8.61. The lowest BCUT2D eigenvalue weighted by atomic mass is 9.96. The van der Waals surface area contributed by atoms with E-state index in [2.05, 4.69) is 4.74 Å². The number of ketones is 1. The van der Waals surface area contributed by atoms with Crippen molar-refractivity contribution in [2.45, 2.75) is 6.42 Å². The molecule has 0 amide bonds. The maximum atomic E-state index is 13.1. The number of ether oxygens (including phenoxy) is 1. The quantitative estimate of drug-likeness (QED) is 0.588. The molecule has 1 fully saturated rings. The Hall–Kier alpha value is -1.91. The first kappa shape index (κ1) is 12.5. The van der Waals surface area contributed by atoms with Gasteiger partial charge in [-0.05, 0) is 18.2 Å². The molecule has 1 unspecified atom stereocenters. The van der Waals surface area contributed by atoms with E-state index in [9.17, 15) is 14.0 Å². The molecule has 0 spiro atoms. The fourth-order valence-corrected chi connectivity index (χ4v) is 2.09. The molecule has 0 aromatic heterocycles. The van der Waals surface area contributed by atoms with E-state index in [1.165, 1.54) is 19.2 Å². The molecule has 1 aromatic carbocycles. The number of piperidine rings is 1. The molecule has 0 aliphatic carbocycles. The number of esters is 1. The van der Waals surface area contributed by atoms with E-state index in [-0.39, 0.29) is 24.6 Å². The summed E-state index contributed by atoms with van der Waals surface area (Å²) in [5.41, 5.74) is 0.677. The zero-order chi connectivity index (χ0) is 13.1. The van der Waals surface area contributed by atoms with Gasteiger partial charge in [-0.1, -0.05) is 6.07 Å². The van der Waals surface area contributed by atoms with Gasteiger partial charge >= 0.3 is 5.97 Å². The first-order valence-corrected chi connectivity index (χ1v) is 5.73. The Bertz CT molecular complexity index is 467. The van der Waals surface area contributed by atoms with E-state index in [0.29, 0.717) is 12.2 Å². The molecule has 4 nitrogen and oxygen atoms in total. The van der Waals surface area contributed by atoms with Crippen LogP contribution in [0.1, 0.15) is 6.42 Å². The Labute approximate surface area is 104 Å². The fraction of sp³-hybridized carbons (Fsp3) is 0.385. The monoisotopic (exact) mass is 251 g/mol. The highest BCUT2D eigenvalue weighted by molar-refractivity contribution is 6.00. The van der Waals surface area contributed by atoms with Crippen LogP contribution in [0.3, 0.4) is 0 Å². The lowest BCUT2D eigenvalue weighted by molar-refractivity contribution is -0.149. The Balaban J connectivity index is 2.17. The summed E-state index contributed by atoms with van der Waals surface area (Å²) in [6.07, 6.45) is 0.274. The highest BCUT2D eigenvalue weighted by atomic mass is 19.1. The number of benzene rings is 1. The summed E-state index contributed by atoms with van der Waals surface area (Å²) in [7, 11) is 1.26. The maximum absolute atomic E-state index is 13.1. The van der Waals surface area contributed by atoms with Crippen LogP contribution in [-0.2, 0) is 14.3 Å². The molecule has 0 N–H and O–H groups in total. The van der Waals surface area contributed by atoms with Crippen molar-refractivity contribution in [1.29, 1.82) is 0 Å². The number of hydrogen-bond acceptors (Lipinski definition) is 4. The number of Topliss-reactive ketones (excluding diaryl/α,β-unsaturated/α-hetero) is 1. The van der Waals surface area contributed by atoms with Gasteiger partial charge in [-0.2, -0.15) is 0 Å². The minimum absolute atomic E-state index is 0.116. The van der Waals surface area contributed by atoms with Gasteiger partial charge in [-0.25, -0.2) is 4.39 Å². The topological polar surface area (TPSA) is 46.6 Å². The third-order valence-electron chi connectivity index (χ3n) is 3.08. The summed E-state index contributed by atoms with van der Waals surface area (Å²) in [5, 5.41) is 0. The summed E-state index contributed by atoms with van der Waals surface area (Å²) in [5.74, 6) is -1.75. The summed E-state index contributed by atoms with van der Waals surface area (Å²) < 4.78 is 17.7. The van der Waals surface area contributed by atoms with Gasteiger partial charge in [0.25, 0.3) is 0 Å². The van der Waals surface area contributed by atoms with Gasteiger partial charge in [0.05, 0.1) is 7.11 Å². The number of halogens is 1. The smallest absolute Gasteiger partial charge is 0.318 e. The van der Waals surface area contributed by atoms with Gasteiger partial charge in [0.2, 0.25) is 0 Å². The zero-order valence-corrected chi connectivity index (χ0v) is 10.1. The lowest BCUT2D eigenvalue weighted by Crippen LogP contribution is -2.44. The van der Waals surface area contributed by atoms with Crippen molar-refractivity contribution in [3.63, 3.8) is 0 Å². The number of carbonyl (C=O) groups excluding carboxylic acids is 2. The van der Waals surface area contributed by atoms with Crippen molar-refractivity contribution in [1.82, 2.24) is 0 Å². The van der Waals surface area contributed by atoms with Gasteiger partial charge in [-0.15, -0.1) is 0 Å². The van der Waals surface area contributed by atoms with E-state index in [1.807, 2.05) is 4.90 Å². The molecular weight excluding hydrogens is 237 g/mol. The van der Waals surface area contributed by atoms with E-state index >= 15 is 0 Å². The van der Waals surface area contributed by atoms with Gasteiger partial charge in [0.1, 0.15) is 11.7 Å². The molecule has 96 valence electrons. The van der Waals surface area contributed by atoms with Crippen LogP contribution in [0.25, 0.3) is 0 Å². The standard InChI is InChI=1S/C13H14FNO3/c1-18-13(17)11-8-15(6-5-12(11)16)10-4-2-3-9(14)7-10/h2-4,7,11H,5-6,8H2,1H3. The number of methoxy groups -OCH3 is 1. The Morgan fingerprint density at radius 3 is 2.94 bits per heavy atom. The number of carbonyl (C=O) groups is 2. The normalized spacial score (nSPS) is 19.8. The molecule has 1 aliphatic rings. The second-order valence-corrected chi connectivity index (χ2v) is 4.22. The van der Waals surface area contributed by atoms with Crippen LogP contribution in [0, 0.1) is 11.7 Å². The molecule has 1 aliphatic heterocycles. The van der Waals surface area contributed by atoms with Crippen LogP contribution < -0.4 is 4.90 Å². The number of rotatable bonds is 2. The fourth-order valence-electron chi connectivity index (χ4n) is 2.09. The Morgan fingerprint density at radius 2 is 2.28 bits per heavy atom. The second kappa shape index (κ2) is 5.16. The summed E-state index contributed by atoms with van der Waals surface area (Å²) >= 11 is 0. The number of anilines is 1. The van der Waals surface area contributed by atoms with Gasteiger partial charge < -0.3 is 9.64 Å². The van der Waals surface area contributed by atoms with Gasteiger partial charge in [-0.3, -0.25) is 9.59 Å². The predicted molar refractivity (Wildman–Crippen MR) is 63.7 cm³/mol. The van der Waals surface area contributed by atoms with E-state index < -0.39 is 11.9 Å². The highest BCUT2D eigenvalue weighted by Gasteiger charge is 2.33. The molecule has 1 saturated heterocycles. The minimum atomic E-state index is -0.771. The van der Waals surface area contributed by atoms with E-state index in [4.69, 9.17) is 0 Å². The zero-order valence-electron chi connectivity index (χ0n) is 10.1. The molecule has 0 radical (unpaired) electrons. The van der Waals surface area contributed by atoms with Crippen molar-refractivity contribution < 1.29 is 18.7 Å². The van der Waals surface area contributed by atoms with Crippen molar-refractivity contribution in [3.05, 3.63) is 30.1 Å². The maximum Gasteiger partial charge on any atom is 0.318 e. The van der Waals surface area contributed by atoms with Crippen LogP contribution in [0.5, 0.6) is 0 Å². The second-order valence-electron chi connectivity index (χ2n) is 4.22. The Kier molecular flexibility index (Phi) is 3.60. The van der Waals surface area contributed by atoms with Gasteiger partial charge in [0.15, 0.2) is 5.78 Å². The third-order valence-corrected chi connectivity index (χ3v) is 3.08. The highest BCUT2D eigenvalue weighted by Crippen LogP contribution is 2.22. The average Bonchev–Trinajstić information content (AvgIpc) is 2.38. The first-order valence-electron chi connectivity index (χ1n) is 5.73. The van der Waals surface area contributed by atoms with Crippen molar-refractivity contribution >= 4 is 17.4 Å². The lowest BCUT2D eigenvalue weighted by Gasteiger charge is -2.32. The molecule has 1 aromatic rings. The number of nitrogens with zero attached hydrogens (tertiary/aromatic N) is 1. The molecule has 2 rings (SSSR count). The molecule has 18 heavy (non-hydrogen) atoms. The van der Waals surface area contributed by atoms with Crippen LogP contribution in [0.4, 0.5) is 10.1 Å². The van der Waals surface area contributed by atoms with Crippen LogP contribution in [-0.4, -0.2) is 32.0 Å². The van der Waals surface area contributed by atoms with Crippen LogP contribution in [0.15, 0.2) is 24.3 Å². The summed E-state index contributed by atoms with van der Waals surface area (Å²) in [4.78, 5) is 24.9. The summed E-state index contributed by atoms with van der Waals surface area (Å²) in [6, 6.07) is 6.11. The van der Waals surface area contributed by atoms with Crippen molar-refractivity contribution in [2.75, 3.05) is 25.1 Å². The molecular formula is C13H14FNO3. The third kappa shape index (κ3) is 2.50. The van der Waals surface area contributed by atoms with Crippen LogP contribution in [0.2, 0.25) is 0 Å². The molecule has 1 heterocycles. The SMILES string of the molecule is COC(=O)C1CN(c2cccc(F)c2)CCC1=O. The van der Waals surface area contributed by atoms with Crippen LogP contribution >= 0.6 is 0 Å². The minimum Gasteiger partial charge on any atom is -0.468 e. The van der Waals surface area contributed by atoms with E-state index in [0.717, 1.165) is 0 Å². The van der Waals surface area contributed by atoms with Crippen molar-refractivity contribution in [3.8, 4) is 0 Å². The number of hydrogen-bond donors (Lipinski definition) is 0. The van der Waals surface area contributed by atoms with E-state index in [1.54, 1.807) is 12.1 Å². The molecule has 0 saturated carbocycles. The molecule has 1 atom stereocenters. The summed E-state index contributed by atoms with van der Waals surface area (Å²) in [6.45, 7) is 0.741.